The standard InChI is InChI=1S/C4H10N2O2/c1-2-4(5,6)3(7)8/h2,5-6H2,1H3,(H,7,8)/p-1. The predicted octanol–water partition coefficient (Wildman–Crippen LogP) is -2.24. The van der Waals surface area contributed by atoms with E-state index in [1.807, 2.05) is 0 Å². The average molecular weight is 117 g/mol. The van der Waals surface area contributed by atoms with E-state index in [9.17, 15) is 9.90 Å². The highest BCUT2D eigenvalue weighted by Crippen LogP contribution is 1.92. The van der Waals surface area contributed by atoms with Crippen LogP contribution in [0.25, 0.3) is 0 Å². The highest BCUT2D eigenvalue weighted by Gasteiger charge is 2.16. The minimum Gasteiger partial charge on any atom is -0.547 e. The Morgan fingerprint density at radius 2 is 2.12 bits per heavy atom. The molecular formula is C4H9N2O2-. The first-order valence-corrected chi connectivity index (χ1v) is 2.30. The number of carboxylic acid groups (broad SMARTS) is 1. The van der Waals surface area contributed by atoms with Crippen molar-refractivity contribution < 1.29 is 9.90 Å². The summed E-state index contributed by atoms with van der Waals surface area (Å²) in [6, 6.07) is 0. The van der Waals surface area contributed by atoms with Crippen molar-refractivity contribution in [3.8, 4) is 0 Å². The summed E-state index contributed by atoms with van der Waals surface area (Å²) in [5.74, 6) is -1.42. The molecule has 48 valence electrons. The van der Waals surface area contributed by atoms with Crippen LogP contribution >= 0.6 is 0 Å². The molecule has 0 amide bonds. The second-order valence-electron chi connectivity index (χ2n) is 1.68. The molecule has 0 bridgehead atoms. The van der Waals surface area contributed by atoms with Crippen molar-refractivity contribution in [3.63, 3.8) is 0 Å². The zero-order chi connectivity index (χ0) is 6.78. The zero-order valence-electron chi connectivity index (χ0n) is 4.68. The molecule has 0 aliphatic heterocycles. The Morgan fingerprint density at radius 1 is 1.75 bits per heavy atom. The predicted molar refractivity (Wildman–Crippen MR) is 26.4 cm³/mol. The molecule has 4 nitrogen and oxygen atoms in total. The van der Waals surface area contributed by atoms with E-state index in [1.54, 1.807) is 6.92 Å². The second-order valence-corrected chi connectivity index (χ2v) is 1.68. The molecule has 0 rings (SSSR count). The van der Waals surface area contributed by atoms with Gasteiger partial charge < -0.3 is 21.4 Å². The van der Waals surface area contributed by atoms with Crippen LogP contribution in [-0.2, 0) is 4.79 Å². The van der Waals surface area contributed by atoms with Crippen molar-refractivity contribution >= 4 is 5.97 Å². The third-order valence-electron chi connectivity index (χ3n) is 0.965. The quantitative estimate of drug-likeness (QED) is 0.400. The zero-order valence-corrected chi connectivity index (χ0v) is 4.68. The number of rotatable bonds is 2. The van der Waals surface area contributed by atoms with Gasteiger partial charge in [0.05, 0.1) is 5.97 Å². The molecule has 0 aliphatic rings. The molecule has 0 fully saturated rings. The molecule has 0 atom stereocenters. The molecule has 8 heavy (non-hydrogen) atoms. The fraction of sp³-hybridized carbons (Fsp3) is 0.750. The van der Waals surface area contributed by atoms with E-state index in [4.69, 9.17) is 11.5 Å². The van der Waals surface area contributed by atoms with E-state index in [0.717, 1.165) is 0 Å². The van der Waals surface area contributed by atoms with Gasteiger partial charge in [-0.3, -0.25) is 0 Å². The highest BCUT2D eigenvalue weighted by molar-refractivity contribution is 5.75. The van der Waals surface area contributed by atoms with Gasteiger partial charge in [-0.2, -0.15) is 0 Å². The molecule has 0 aromatic carbocycles. The minimum atomic E-state index is -1.65. The lowest BCUT2D eigenvalue weighted by atomic mass is 10.1. The molecule has 0 spiro atoms. The summed E-state index contributed by atoms with van der Waals surface area (Å²) in [6.45, 7) is 1.58. The topological polar surface area (TPSA) is 92.2 Å². The summed E-state index contributed by atoms with van der Waals surface area (Å²) >= 11 is 0. The van der Waals surface area contributed by atoms with Crippen LogP contribution in [0.3, 0.4) is 0 Å². The first-order valence-electron chi connectivity index (χ1n) is 2.30. The summed E-state index contributed by atoms with van der Waals surface area (Å²) in [6.07, 6.45) is 0.176. The van der Waals surface area contributed by atoms with E-state index in [2.05, 4.69) is 0 Å². The summed E-state index contributed by atoms with van der Waals surface area (Å²) in [7, 11) is 0. The number of carbonyl (C=O) groups is 1. The van der Waals surface area contributed by atoms with Gasteiger partial charge in [-0.05, 0) is 6.42 Å². The average Bonchev–Trinajstić information content (AvgIpc) is 1.67. The van der Waals surface area contributed by atoms with Crippen LogP contribution in [0.1, 0.15) is 13.3 Å². The van der Waals surface area contributed by atoms with E-state index in [0.29, 0.717) is 0 Å². The van der Waals surface area contributed by atoms with Gasteiger partial charge in [0.15, 0.2) is 0 Å². The Bertz CT molecular complexity index is 100. The molecule has 0 aromatic heterocycles. The fourth-order valence-corrected chi connectivity index (χ4v) is 0.144. The molecule has 4 heteroatoms. The highest BCUT2D eigenvalue weighted by atomic mass is 16.4. The van der Waals surface area contributed by atoms with Gasteiger partial charge in [0.2, 0.25) is 0 Å². The van der Waals surface area contributed by atoms with Crippen LogP contribution in [0.4, 0.5) is 0 Å². The molecular weight excluding hydrogens is 108 g/mol. The molecule has 0 saturated heterocycles. The van der Waals surface area contributed by atoms with Gasteiger partial charge in [-0.1, -0.05) is 6.92 Å². The monoisotopic (exact) mass is 117 g/mol. The van der Waals surface area contributed by atoms with Crippen LogP contribution in [0.2, 0.25) is 0 Å². The molecule has 0 aromatic rings. The van der Waals surface area contributed by atoms with Gasteiger partial charge in [0.25, 0.3) is 0 Å². The summed E-state index contributed by atoms with van der Waals surface area (Å²) < 4.78 is 0. The molecule has 0 heterocycles. The maximum atomic E-state index is 9.89. The van der Waals surface area contributed by atoms with Gasteiger partial charge in [0.1, 0.15) is 5.66 Å². The second kappa shape index (κ2) is 2.11. The third kappa shape index (κ3) is 1.48. The van der Waals surface area contributed by atoms with Gasteiger partial charge in [-0.15, -0.1) is 0 Å². The summed E-state index contributed by atoms with van der Waals surface area (Å²) in [4.78, 5) is 9.89. The smallest absolute Gasteiger partial charge is 0.104 e. The van der Waals surface area contributed by atoms with Gasteiger partial charge in [0, 0.05) is 0 Å². The molecule has 4 N–H and O–H groups in total. The van der Waals surface area contributed by atoms with Gasteiger partial charge >= 0.3 is 0 Å². The Labute approximate surface area is 47.5 Å². The maximum absolute atomic E-state index is 9.89. The number of hydrogen-bond donors (Lipinski definition) is 2. The Hall–Kier alpha value is -0.610. The van der Waals surface area contributed by atoms with Crippen LogP contribution in [0.15, 0.2) is 0 Å². The largest absolute Gasteiger partial charge is 0.547 e. The maximum Gasteiger partial charge on any atom is 0.104 e. The Morgan fingerprint density at radius 3 is 2.12 bits per heavy atom. The number of aliphatic carboxylic acids is 1. The van der Waals surface area contributed by atoms with Crippen molar-refractivity contribution in [1.82, 2.24) is 0 Å². The first-order chi connectivity index (χ1) is 3.50. The van der Waals surface area contributed by atoms with Crippen molar-refractivity contribution in [1.29, 1.82) is 0 Å². The summed E-state index contributed by atoms with van der Waals surface area (Å²) in [5, 5.41) is 9.89. The number of nitrogens with two attached hydrogens (primary N) is 2. The Kier molecular flexibility index (Phi) is 1.94. The van der Waals surface area contributed by atoms with Crippen molar-refractivity contribution in [2.24, 2.45) is 11.5 Å². The van der Waals surface area contributed by atoms with Crippen molar-refractivity contribution in [2.75, 3.05) is 0 Å². The SMILES string of the molecule is CCC(N)(N)C(=O)[O-]. The molecule has 0 aliphatic carbocycles. The van der Waals surface area contributed by atoms with Crippen molar-refractivity contribution in [3.05, 3.63) is 0 Å². The van der Waals surface area contributed by atoms with Crippen LogP contribution in [0.5, 0.6) is 0 Å². The van der Waals surface area contributed by atoms with E-state index in [-0.39, 0.29) is 6.42 Å². The molecule has 0 saturated carbocycles. The third-order valence-corrected chi connectivity index (χ3v) is 0.965. The fourth-order valence-electron chi connectivity index (χ4n) is 0.144. The minimum absolute atomic E-state index is 0.176. The molecule has 0 unspecified atom stereocenters. The van der Waals surface area contributed by atoms with E-state index in [1.165, 1.54) is 0 Å². The van der Waals surface area contributed by atoms with Crippen LogP contribution < -0.4 is 16.6 Å². The lowest BCUT2D eigenvalue weighted by Crippen LogP contribution is -2.61. The molecule has 0 radical (unpaired) electrons. The van der Waals surface area contributed by atoms with E-state index < -0.39 is 11.6 Å². The number of hydrogen-bond acceptors (Lipinski definition) is 4. The first kappa shape index (κ1) is 7.39. The van der Waals surface area contributed by atoms with Crippen LogP contribution in [0, 0.1) is 0 Å². The normalized spacial score (nSPS) is 11.4. The van der Waals surface area contributed by atoms with Gasteiger partial charge in [-0.25, -0.2) is 0 Å². The summed E-state index contributed by atoms with van der Waals surface area (Å²) in [5.41, 5.74) is 8.30. The number of carboxylic acids is 1. The lowest BCUT2D eigenvalue weighted by molar-refractivity contribution is -0.313. The number of carbonyl (C=O) groups excluding carboxylic acids is 1. The van der Waals surface area contributed by atoms with Crippen molar-refractivity contribution in [2.45, 2.75) is 19.0 Å². The Balaban J connectivity index is 3.91. The van der Waals surface area contributed by atoms with Crippen LogP contribution in [-0.4, -0.2) is 11.6 Å². The van der Waals surface area contributed by atoms with E-state index >= 15 is 0 Å². The lowest BCUT2D eigenvalue weighted by Gasteiger charge is -2.22.